The third-order valence-corrected chi connectivity index (χ3v) is 2.96. The van der Waals surface area contributed by atoms with E-state index < -0.39 is 5.97 Å². The van der Waals surface area contributed by atoms with Crippen LogP contribution in [0, 0.1) is 0 Å². The fraction of sp³-hybridized carbons (Fsp3) is 0.222. The molecule has 0 saturated carbocycles. The highest BCUT2D eigenvalue weighted by molar-refractivity contribution is 7.16. The van der Waals surface area contributed by atoms with Crippen LogP contribution in [0.2, 0.25) is 0 Å². The Morgan fingerprint density at radius 1 is 1.67 bits per heavy atom. The number of aromatic nitrogens is 3. The van der Waals surface area contributed by atoms with Gasteiger partial charge in [-0.2, -0.15) is 5.10 Å². The van der Waals surface area contributed by atoms with E-state index in [1.165, 1.54) is 6.20 Å². The molecule has 0 atom stereocenters. The zero-order valence-electron chi connectivity index (χ0n) is 8.04. The Kier molecular flexibility index (Phi) is 2.51. The second kappa shape index (κ2) is 3.82. The van der Waals surface area contributed by atoms with Crippen molar-refractivity contribution >= 4 is 17.3 Å². The van der Waals surface area contributed by atoms with Crippen molar-refractivity contribution in [3.05, 3.63) is 23.3 Å². The number of hydrogen-bond acceptors (Lipinski definition) is 4. The summed E-state index contributed by atoms with van der Waals surface area (Å²) in [4.78, 5) is 15.0. The van der Waals surface area contributed by atoms with Crippen LogP contribution in [0.1, 0.15) is 16.6 Å². The molecule has 0 amide bonds. The average Bonchev–Trinajstić information content (AvgIpc) is 2.85. The molecule has 2 rings (SSSR count). The van der Waals surface area contributed by atoms with E-state index in [1.807, 2.05) is 13.0 Å². The summed E-state index contributed by atoms with van der Waals surface area (Å²) in [5.74, 6) is -0.943. The quantitative estimate of drug-likeness (QED) is 0.860. The molecule has 15 heavy (non-hydrogen) atoms. The molecule has 1 N–H and O–H groups in total. The lowest BCUT2D eigenvalue weighted by Gasteiger charge is -1.99. The summed E-state index contributed by atoms with van der Waals surface area (Å²) in [6.45, 7) is 2.71. The Hall–Kier alpha value is -1.69. The first kappa shape index (κ1) is 9.85. The molecule has 0 spiro atoms. The van der Waals surface area contributed by atoms with Gasteiger partial charge in [0.05, 0.1) is 11.9 Å². The van der Waals surface area contributed by atoms with Crippen molar-refractivity contribution < 1.29 is 9.90 Å². The smallest absolute Gasteiger partial charge is 0.347 e. The molecule has 0 aromatic carbocycles. The van der Waals surface area contributed by atoms with Gasteiger partial charge in [-0.05, 0) is 13.0 Å². The van der Waals surface area contributed by atoms with E-state index in [2.05, 4.69) is 10.1 Å². The van der Waals surface area contributed by atoms with Gasteiger partial charge in [-0.1, -0.05) is 0 Å². The number of nitrogens with zero attached hydrogens (tertiary/aromatic N) is 3. The maximum atomic E-state index is 10.7. The normalized spacial score (nSPS) is 10.5. The van der Waals surface area contributed by atoms with E-state index >= 15 is 0 Å². The van der Waals surface area contributed by atoms with Crippen LogP contribution < -0.4 is 0 Å². The Morgan fingerprint density at radius 3 is 3.07 bits per heavy atom. The summed E-state index contributed by atoms with van der Waals surface area (Å²) in [6, 6.07) is 1.83. The summed E-state index contributed by atoms with van der Waals surface area (Å²) in [7, 11) is 0. The molecule has 0 unspecified atom stereocenters. The number of aromatic carboxylic acids is 1. The number of hydrogen-bond donors (Lipinski definition) is 1. The third-order valence-electron chi connectivity index (χ3n) is 1.95. The topological polar surface area (TPSA) is 68.0 Å². The molecule has 0 aliphatic rings. The second-order valence-corrected chi connectivity index (χ2v) is 3.90. The molecule has 2 aromatic rings. The SMILES string of the molecule is CCn1nccc1-c1ncc(C(=O)O)s1. The van der Waals surface area contributed by atoms with Crippen LogP contribution in [-0.4, -0.2) is 25.8 Å². The highest BCUT2D eigenvalue weighted by Gasteiger charge is 2.12. The van der Waals surface area contributed by atoms with Gasteiger partial charge >= 0.3 is 5.97 Å². The van der Waals surface area contributed by atoms with Crippen molar-refractivity contribution in [3.8, 4) is 10.7 Å². The summed E-state index contributed by atoms with van der Waals surface area (Å²) < 4.78 is 1.78. The molecule has 78 valence electrons. The van der Waals surface area contributed by atoms with Gasteiger partial charge in [0.2, 0.25) is 0 Å². The number of carbonyl (C=O) groups is 1. The van der Waals surface area contributed by atoms with Crippen molar-refractivity contribution in [3.63, 3.8) is 0 Å². The highest BCUT2D eigenvalue weighted by Crippen LogP contribution is 2.24. The molecule has 0 bridgehead atoms. The van der Waals surface area contributed by atoms with E-state index in [-0.39, 0.29) is 4.88 Å². The first-order chi connectivity index (χ1) is 7.22. The van der Waals surface area contributed by atoms with Crippen LogP contribution in [0.15, 0.2) is 18.5 Å². The zero-order chi connectivity index (χ0) is 10.8. The monoisotopic (exact) mass is 223 g/mol. The van der Waals surface area contributed by atoms with Crippen molar-refractivity contribution in [2.45, 2.75) is 13.5 Å². The average molecular weight is 223 g/mol. The Bertz CT molecular complexity index is 489. The predicted octanol–water partition coefficient (Wildman–Crippen LogP) is 1.72. The van der Waals surface area contributed by atoms with E-state index in [9.17, 15) is 4.79 Å². The summed E-state index contributed by atoms with van der Waals surface area (Å²) >= 11 is 1.16. The van der Waals surface area contributed by atoms with Crippen LogP contribution in [0.25, 0.3) is 10.7 Å². The molecule has 5 nitrogen and oxygen atoms in total. The molecule has 0 aliphatic carbocycles. The molecule has 0 fully saturated rings. The van der Waals surface area contributed by atoms with Crippen molar-refractivity contribution in [2.75, 3.05) is 0 Å². The van der Waals surface area contributed by atoms with Gasteiger partial charge in [-0.25, -0.2) is 9.78 Å². The van der Waals surface area contributed by atoms with Gasteiger partial charge < -0.3 is 5.11 Å². The van der Waals surface area contributed by atoms with Gasteiger partial charge in [0.1, 0.15) is 9.88 Å². The minimum Gasteiger partial charge on any atom is -0.477 e. The first-order valence-electron chi connectivity index (χ1n) is 4.43. The number of thiazole rings is 1. The second-order valence-electron chi connectivity index (χ2n) is 2.87. The van der Waals surface area contributed by atoms with E-state index in [0.717, 1.165) is 23.6 Å². The number of carboxylic acids is 1. The largest absolute Gasteiger partial charge is 0.477 e. The lowest BCUT2D eigenvalue weighted by Crippen LogP contribution is -1.97. The van der Waals surface area contributed by atoms with Crippen LogP contribution in [0.3, 0.4) is 0 Å². The number of aryl methyl sites for hydroxylation is 1. The standard InChI is InChI=1S/C9H9N3O2S/c1-2-12-6(3-4-11-12)8-10-5-7(15-8)9(13)14/h3-5H,2H2,1H3,(H,13,14). The summed E-state index contributed by atoms with van der Waals surface area (Å²) in [6.07, 6.45) is 3.05. The minimum absolute atomic E-state index is 0.244. The van der Waals surface area contributed by atoms with E-state index in [1.54, 1.807) is 10.9 Å². The number of rotatable bonds is 3. The Morgan fingerprint density at radius 2 is 2.47 bits per heavy atom. The van der Waals surface area contributed by atoms with Crippen LogP contribution in [0.5, 0.6) is 0 Å². The van der Waals surface area contributed by atoms with Gasteiger partial charge in [-0.15, -0.1) is 11.3 Å². The van der Waals surface area contributed by atoms with Gasteiger partial charge in [0.15, 0.2) is 0 Å². The van der Waals surface area contributed by atoms with Crippen molar-refractivity contribution in [1.82, 2.24) is 14.8 Å². The third kappa shape index (κ3) is 1.75. The summed E-state index contributed by atoms with van der Waals surface area (Å²) in [5.41, 5.74) is 0.856. The van der Waals surface area contributed by atoms with E-state index in [0.29, 0.717) is 5.01 Å². The van der Waals surface area contributed by atoms with Gasteiger partial charge in [0, 0.05) is 12.7 Å². The summed E-state index contributed by atoms with van der Waals surface area (Å²) in [5, 5.41) is 13.6. The number of carboxylic acid groups (broad SMARTS) is 1. The lowest BCUT2D eigenvalue weighted by atomic mass is 10.4. The molecule has 0 radical (unpaired) electrons. The Balaban J connectivity index is 2.41. The maximum Gasteiger partial charge on any atom is 0.347 e. The van der Waals surface area contributed by atoms with Gasteiger partial charge in [0.25, 0.3) is 0 Å². The van der Waals surface area contributed by atoms with Crippen molar-refractivity contribution in [2.24, 2.45) is 0 Å². The fourth-order valence-electron chi connectivity index (χ4n) is 1.26. The molecule has 6 heteroatoms. The molecule has 2 aromatic heterocycles. The minimum atomic E-state index is -0.943. The maximum absolute atomic E-state index is 10.7. The Labute approximate surface area is 90.0 Å². The molecule has 0 saturated heterocycles. The molecular formula is C9H9N3O2S. The lowest BCUT2D eigenvalue weighted by molar-refractivity contribution is 0.0702. The van der Waals surface area contributed by atoms with E-state index in [4.69, 9.17) is 5.11 Å². The molecule has 0 aliphatic heterocycles. The first-order valence-corrected chi connectivity index (χ1v) is 5.25. The van der Waals surface area contributed by atoms with Gasteiger partial charge in [-0.3, -0.25) is 4.68 Å². The predicted molar refractivity (Wildman–Crippen MR) is 56.0 cm³/mol. The molecule has 2 heterocycles. The van der Waals surface area contributed by atoms with Crippen LogP contribution >= 0.6 is 11.3 Å². The van der Waals surface area contributed by atoms with Crippen LogP contribution in [-0.2, 0) is 6.54 Å². The zero-order valence-corrected chi connectivity index (χ0v) is 8.86. The molecular weight excluding hydrogens is 214 g/mol. The fourth-order valence-corrected chi connectivity index (χ4v) is 2.04. The van der Waals surface area contributed by atoms with Crippen molar-refractivity contribution in [1.29, 1.82) is 0 Å². The van der Waals surface area contributed by atoms with Crippen LogP contribution in [0.4, 0.5) is 0 Å². The highest BCUT2D eigenvalue weighted by atomic mass is 32.1.